The van der Waals surface area contributed by atoms with Gasteiger partial charge in [-0.05, 0) is 49.8 Å². The summed E-state index contributed by atoms with van der Waals surface area (Å²) in [5, 5.41) is 0. The van der Waals surface area contributed by atoms with Crippen LogP contribution in [0.1, 0.15) is 31.7 Å². The fraction of sp³-hybridized carbons (Fsp3) is 0.667. The molecule has 0 aromatic heterocycles. The number of benzene rings is 1. The number of piperazine rings is 1. The van der Waals surface area contributed by atoms with Crippen molar-refractivity contribution in [2.24, 2.45) is 11.7 Å². The molecule has 2 atom stereocenters. The van der Waals surface area contributed by atoms with Gasteiger partial charge in [-0.3, -0.25) is 4.90 Å². The van der Waals surface area contributed by atoms with Gasteiger partial charge in [-0.2, -0.15) is 0 Å². The zero-order chi connectivity index (χ0) is 14.9. The average molecular weight is 287 g/mol. The molecule has 1 aromatic rings. The van der Waals surface area contributed by atoms with E-state index in [2.05, 4.69) is 47.9 Å². The monoisotopic (exact) mass is 287 g/mol. The third-order valence-electron chi connectivity index (χ3n) is 5.53. The molecule has 1 saturated heterocycles. The zero-order valence-corrected chi connectivity index (χ0v) is 13.5. The van der Waals surface area contributed by atoms with Gasteiger partial charge in [0.1, 0.15) is 0 Å². The molecule has 3 rings (SSSR count). The van der Waals surface area contributed by atoms with Crippen LogP contribution in [0.2, 0.25) is 0 Å². The lowest BCUT2D eigenvalue weighted by atomic mass is 9.93. The summed E-state index contributed by atoms with van der Waals surface area (Å²) >= 11 is 0. The summed E-state index contributed by atoms with van der Waals surface area (Å²) in [6, 6.07) is 8.87. The summed E-state index contributed by atoms with van der Waals surface area (Å²) in [6.45, 7) is 9.92. The summed E-state index contributed by atoms with van der Waals surface area (Å²) in [5.74, 6) is 0.836. The van der Waals surface area contributed by atoms with Crippen LogP contribution in [0.4, 0.5) is 5.69 Å². The molecule has 1 aliphatic carbocycles. The Bertz CT molecular complexity index is 479. The van der Waals surface area contributed by atoms with Gasteiger partial charge in [0.2, 0.25) is 0 Å². The van der Waals surface area contributed by atoms with E-state index in [1.165, 1.54) is 30.5 Å². The van der Waals surface area contributed by atoms with Gasteiger partial charge < -0.3 is 10.6 Å². The predicted octanol–water partition coefficient (Wildman–Crippen LogP) is 2.63. The minimum atomic E-state index is 0.290. The van der Waals surface area contributed by atoms with Crippen molar-refractivity contribution in [1.29, 1.82) is 0 Å². The molecule has 3 nitrogen and oxygen atoms in total. The molecule has 0 spiro atoms. The van der Waals surface area contributed by atoms with Gasteiger partial charge in [0.25, 0.3) is 0 Å². The first-order chi connectivity index (χ1) is 10.1. The van der Waals surface area contributed by atoms with E-state index in [4.69, 9.17) is 5.73 Å². The lowest BCUT2D eigenvalue weighted by Crippen LogP contribution is -2.59. The normalized spacial score (nSPS) is 30.8. The van der Waals surface area contributed by atoms with E-state index in [1.807, 2.05) is 0 Å². The van der Waals surface area contributed by atoms with Crippen LogP contribution in [0.15, 0.2) is 24.3 Å². The highest BCUT2D eigenvalue weighted by molar-refractivity contribution is 5.48. The highest BCUT2D eigenvalue weighted by Gasteiger charge is 2.42. The van der Waals surface area contributed by atoms with Crippen LogP contribution in [0.25, 0.3) is 0 Å². The number of nitrogens with zero attached hydrogens (tertiary/aromatic N) is 2. The minimum Gasteiger partial charge on any atom is -0.369 e. The van der Waals surface area contributed by atoms with Crippen molar-refractivity contribution in [3.63, 3.8) is 0 Å². The predicted molar refractivity (Wildman–Crippen MR) is 89.8 cm³/mol. The van der Waals surface area contributed by atoms with Crippen LogP contribution in [0, 0.1) is 12.8 Å². The first kappa shape index (κ1) is 14.9. The molecule has 0 radical (unpaired) electrons. The Balaban J connectivity index is 1.65. The zero-order valence-electron chi connectivity index (χ0n) is 13.5. The largest absolute Gasteiger partial charge is 0.369 e. The highest BCUT2D eigenvalue weighted by atomic mass is 15.3. The lowest BCUT2D eigenvalue weighted by molar-refractivity contribution is 0.0888. The maximum absolute atomic E-state index is 6.17. The lowest BCUT2D eigenvalue weighted by Gasteiger charge is -2.46. The van der Waals surface area contributed by atoms with E-state index >= 15 is 0 Å². The fourth-order valence-corrected chi connectivity index (χ4v) is 4.23. The van der Waals surface area contributed by atoms with Crippen LogP contribution < -0.4 is 10.6 Å². The number of aryl methyl sites for hydroxylation is 1. The van der Waals surface area contributed by atoms with Gasteiger partial charge in [0.05, 0.1) is 0 Å². The SMILES string of the molecule is Cc1cccc(N2CCN(C3(CN)CCC(C)C3)CC2)c1. The van der Waals surface area contributed by atoms with Gasteiger partial charge in [0, 0.05) is 44.0 Å². The van der Waals surface area contributed by atoms with E-state index in [-0.39, 0.29) is 5.54 Å². The van der Waals surface area contributed by atoms with Crippen molar-refractivity contribution in [2.45, 2.75) is 38.6 Å². The van der Waals surface area contributed by atoms with E-state index in [0.29, 0.717) is 0 Å². The molecule has 3 heteroatoms. The summed E-state index contributed by atoms with van der Waals surface area (Å²) in [4.78, 5) is 5.20. The van der Waals surface area contributed by atoms with Crippen molar-refractivity contribution >= 4 is 5.69 Å². The van der Waals surface area contributed by atoms with Crippen LogP contribution >= 0.6 is 0 Å². The molecule has 1 heterocycles. The first-order valence-corrected chi connectivity index (χ1v) is 8.40. The van der Waals surface area contributed by atoms with E-state index in [1.54, 1.807) is 0 Å². The van der Waals surface area contributed by atoms with E-state index < -0.39 is 0 Å². The van der Waals surface area contributed by atoms with Crippen LogP contribution in [0.5, 0.6) is 0 Å². The fourth-order valence-electron chi connectivity index (χ4n) is 4.23. The van der Waals surface area contributed by atoms with Gasteiger partial charge in [0.15, 0.2) is 0 Å². The summed E-state index contributed by atoms with van der Waals surface area (Å²) < 4.78 is 0. The Morgan fingerprint density at radius 2 is 2.00 bits per heavy atom. The molecular weight excluding hydrogens is 258 g/mol. The first-order valence-electron chi connectivity index (χ1n) is 8.40. The molecular formula is C18H29N3. The molecule has 0 bridgehead atoms. The molecule has 1 aliphatic heterocycles. The van der Waals surface area contributed by atoms with Crippen LogP contribution in [-0.4, -0.2) is 43.2 Å². The van der Waals surface area contributed by atoms with Gasteiger partial charge in [-0.15, -0.1) is 0 Å². The van der Waals surface area contributed by atoms with Gasteiger partial charge in [-0.25, -0.2) is 0 Å². The molecule has 1 aromatic carbocycles. The molecule has 2 unspecified atom stereocenters. The number of rotatable bonds is 3. The smallest absolute Gasteiger partial charge is 0.0369 e. The van der Waals surface area contributed by atoms with Crippen molar-refractivity contribution in [2.75, 3.05) is 37.6 Å². The number of hydrogen-bond acceptors (Lipinski definition) is 3. The highest BCUT2D eigenvalue weighted by Crippen LogP contribution is 2.38. The molecule has 2 N–H and O–H groups in total. The van der Waals surface area contributed by atoms with Gasteiger partial charge >= 0.3 is 0 Å². The Morgan fingerprint density at radius 1 is 1.24 bits per heavy atom. The minimum absolute atomic E-state index is 0.290. The number of nitrogens with two attached hydrogens (primary N) is 1. The van der Waals surface area contributed by atoms with Crippen molar-refractivity contribution < 1.29 is 0 Å². The van der Waals surface area contributed by atoms with Crippen molar-refractivity contribution in [3.05, 3.63) is 29.8 Å². The Kier molecular flexibility index (Phi) is 4.23. The standard InChI is InChI=1S/C18H29N3/c1-15-4-3-5-17(12-15)20-8-10-21(11-9-20)18(14-19)7-6-16(2)13-18/h3-5,12,16H,6-11,13-14,19H2,1-2H3. The number of anilines is 1. The van der Waals surface area contributed by atoms with Crippen LogP contribution in [-0.2, 0) is 0 Å². The maximum Gasteiger partial charge on any atom is 0.0369 e. The topological polar surface area (TPSA) is 32.5 Å². The van der Waals surface area contributed by atoms with Gasteiger partial charge in [-0.1, -0.05) is 19.1 Å². The molecule has 21 heavy (non-hydrogen) atoms. The Labute approximate surface area is 129 Å². The molecule has 116 valence electrons. The van der Waals surface area contributed by atoms with Crippen LogP contribution in [0.3, 0.4) is 0 Å². The summed E-state index contributed by atoms with van der Waals surface area (Å²) in [7, 11) is 0. The second-order valence-electron chi connectivity index (χ2n) is 7.09. The molecule has 2 fully saturated rings. The van der Waals surface area contributed by atoms with Crippen molar-refractivity contribution in [3.8, 4) is 0 Å². The second kappa shape index (κ2) is 5.98. The van der Waals surface area contributed by atoms with E-state index in [0.717, 1.165) is 38.6 Å². The number of hydrogen-bond donors (Lipinski definition) is 1. The maximum atomic E-state index is 6.17. The molecule has 2 aliphatic rings. The Hall–Kier alpha value is -1.06. The Morgan fingerprint density at radius 3 is 2.57 bits per heavy atom. The molecule has 1 saturated carbocycles. The third-order valence-corrected chi connectivity index (χ3v) is 5.53. The second-order valence-corrected chi connectivity index (χ2v) is 7.09. The van der Waals surface area contributed by atoms with E-state index in [9.17, 15) is 0 Å². The summed E-state index contributed by atoms with van der Waals surface area (Å²) in [5.41, 5.74) is 9.18. The molecule has 0 amide bonds. The summed E-state index contributed by atoms with van der Waals surface area (Å²) in [6.07, 6.45) is 3.92. The average Bonchev–Trinajstić information content (AvgIpc) is 2.90. The quantitative estimate of drug-likeness (QED) is 0.927. The van der Waals surface area contributed by atoms with Crippen molar-refractivity contribution in [1.82, 2.24) is 4.90 Å². The third kappa shape index (κ3) is 2.95.